The van der Waals surface area contributed by atoms with Crippen LogP contribution in [0.3, 0.4) is 0 Å². The van der Waals surface area contributed by atoms with E-state index in [-0.39, 0.29) is 49.1 Å². The summed E-state index contributed by atoms with van der Waals surface area (Å²) >= 11 is 0. The molecule has 0 rings (SSSR count). The zero-order valence-corrected chi connectivity index (χ0v) is 37.2. The van der Waals surface area contributed by atoms with Gasteiger partial charge in [-0.1, -0.05) is 145 Å². The molecule has 0 aromatic heterocycles. The Labute approximate surface area is 349 Å². The summed E-state index contributed by atoms with van der Waals surface area (Å²) in [6.07, 6.45) is 48.2. The van der Waals surface area contributed by atoms with Crippen molar-refractivity contribution in [3.05, 3.63) is 60.8 Å². The second kappa shape index (κ2) is 39.8. The number of carboxylic acids is 1. The second-order valence-electron chi connectivity index (χ2n) is 16.3. The Kier molecular flexibility index (Phi) is 37.8. The van der Waals surface area contributed by atoms with Crippen molar-refractivity contribution >= 4 is 17.9 Å². The van der Waals surface area contributed by atoms with Crippen LogP contribution in [0.5, 0.6) is 0 Å². The topological polar surface area (TPSA) is 102 Å². The summed E-state index contributed by atoms with van der Waals surface area (Å²) in [5, 5.41) is 11.6. The van der Waals surface area contributed by atoms with Gasteiger partial charge in [0.2, 0.25) is 0 Å². The van der Waals surface area contributed by atoms with Crippen molar-refractivity contribution < 1.29 is 38.2 Å². The lowest BCUT2D eigenvalue weighted by Crippen LogP contribution is -2.55. The second-order valence-corrected chi connectivity index (χ2v) is 16.3. The molecule has 0 spiro atoms. The Morgan fingerprint density at radius 2 is 0.947 bits per heavy atom. The predicted octanol–water partition coefficient (Wildman–Crippen LogP) is 11.2. The third-order valence-electron chi connectivity index (χ3n) is 9.88. The van der Waals surface area contributed by atoms with Gasteiger partial charge in [-0.15, -0.1) is 0 Å². The van der Waals surface area contributed by atoms with Gasteiger partial charge >= 0.3 is 11.9 Å². The fourth-order valence-electron chi connectivity index (χ4n) is 6.29. The fraction of sp³-hybridized carbons (Fsp3) is 0.735. The number of rotatable bonds is 40. The molecule has 0 N–H and O–H groups in total. The van der Waals surface area contributed by atoms with Crippen LogP contribution >= 0.6 is 0 Å². The zero-order valence-electron chi connectivity index (χ0n) is 37.2. The minimum atomic E-state index is -1.13. The van der Waals surface area contributed by atoms with E-state index in [1.165, 1.54) is 83.5 Å². The van der Waals surface area contributed by atoms with Crippen molar-refractivity contribution in [1.29, 1.82) is 0 Å². The number of carboxylic acid groups (broad SMARTS) is 1. The number of aliphatic carboxylic acids is 1. The third kappa shape index (κ3) is 38.3. The lowest BCUT2D eigenvalue weighted by molar-refractivity contribution is -0.889. The Balaban J connectivity index is 4.44. The van der Waals surface area contributed by atoms with E-state index in [4.69, 9.17) is 14.2 Å². The van der Waals surface area contributed by atoms with Crippen molar-refractivity contribution in [2.24, 2.45) is 0 Å². The molecule has 0 fully saturated rings. The summed E-state index contributed by atoms with van der Waals surface area (Å²) in [5.41, 5.74) is 0. The number of hydrogen-bond donors (Lipinski definition) is 0. The van der Waals surface area contributed by atoms with E-state index in [9.17, 15) is 19.5 Å². The van der Waals surface area contributed by atoms with Crippen LogP contribution in [0, 0.1) is 0 Å². The highest BCUT2D eigenvalue weighted by molar-refractivity contribution is 5.70. The summed E-state index contributed by atoms with van der Waals surface area (Å²) < 4.78 is 17.1. The van der Waals surface area contributed by atoms with E-state index in [2.05, 4.69) is 74.6 Å². The van der Waals surface area contributed by atoms with E-state index in [1.54, 1.807) is 21.1 Å². The Morgan fingerprint density at radius 1 is 0.526 bits per heavy atom. The number of carbonyl (C=O) groups is 3. The molecule has 328 valence electrons. The van der Waals surface area contributed by atoms with Crippen LogP contribution < -0.4 is 5.11 Å². The van der Waals surface area contributed by atoms with Crippen molar-refractivity contribution in [2.75, 3.05) is 41.0 Å². The van der Waals surface area contributed by atoms with Crippen LogP contribution in [-0.4, -0.2) is 75.5 Å². The molecule has 2 unspecified atom stereocenters. The Bertz CT molecular complexity index is 1120. The summed E-state index contributed by atoms with van der Waals surface area (Å²) in [4.78, 5) is 36.9. The first-order valence-electron chi connectivity index (χ1n) is 22.8. The molecule has 0 aliphatic heterocycles. The molecule has 0 saturated carbocycles. The van der Waals surface area contributed by atoms with Crippen molar-refractivity contribution in [3.8, 4) is 0 Å². The fourth-order valence-corrected chi connectivity index (χ4v) is 6.29. The van der Waals surface area contributed by atoms with Gasteiger partial charge in [0.05, 0.1) is 40.3 Å². The average molecular weight is 800 g/mol. The summed E-state index contributed by atoms with van der Waals surface area (Å²) in [6, 6.07) is -0.737. The van der Waals surface area contributed by atoms with Gasteiger partial charge in [-0.05, 0) is 77.0 Å². The van der Waals surface area contributed by atoms with Crippen LogP contribution in [0.25, 0.3) is 0 Å². The SMILES string of the molecule is CCCCC/C=C/C/C=C/C/C=C/C/C=C/CCCC(=O)OCC(COCCC(C(=O)[O-])[N+](C)(C)C)OC(=O)CCCCCCC/C=C/CCCCCCCCC. The molecule has 0 bridgehead atoms. The van der Waals surface area contributed by atoms with Crippen molar-refractivity contribution in [2.45, 2.75) is 193 Å². The van der Waals surface area contributed by atoms with Gasteiger partial charge in [-0.25, -0.2) is 0 Å². The highest BCUT2D eigenvalue weighted by Crippen LogP contribution is 2.13. The largest absolute Gasteiger partial charge is 0.544 e. The smallest absolute Gasteiger partial charge is 0.306 e. The van der Waals surface area contributed by atoms with E-state index >= 15 is 0 Å². The number of likely N-dealkylation sites (N-methyl/N-ethyl adjacent to an activating group) is 1. The van der Waals surface area contributed by atoms with E-state index < -0.39 is 18.1 Å². The van der Waals surface area contributed by atoms with Crippen LogP contribution in [0.2, 0.25) is 0 Å². The van der Waals surface area contributed by atoms with Crippen molar-refractivity contribution in [1.82, 2.24) is 0 Å². The lowest BCUT2D eigenvalue weighted by Gasteiger charge is -2.34. The van der Waals surface area contributed by atoms with E-state index in [0.29, 0.717) is 12.8 Å². The van der Waals surface area contributed by atoms with Gasteiger partial charge < -0.3 is 28.6 Å². The summed E-state index contributed by atoms with van der Waals surface area (Å²) in [7, 11) is 5.38. The number of quaternary nitrogens is 1. The van der Waals surface area contributed by atoms with Gasteiger partial charge in [-0.2, -0.15) is 0 Å². The molecule has 0 heterocycles. The minimum Gasteiger partial charge on any atom is -0.544 e. The standard InChI is InChI=1S/C49H85NO7/c1-6-8-10-12-14-16-18-20-22-24-26-27-29-31-33-35-37-39-47(51)56-44-45(43-55-42-41-46(49(53)54)50(3,4)5)57-48(52)40-38-36-34-32-30-28-25-23-21-19-17-15-13-11-9-7-2/h14,16,20,22-23,25-27,31,33,45-46H,6-13,15,17-19,21,24,28-30,32,34-44H2,1-5H3/b16-14+,22-20+,25-23+,27-26+,33-31+. The molecule has 0 aromatic rings. The first kappa shape index (κ1) is 54.0. The minimum absolute atomic E-state index is 0.0185. The Hall–Kier alpha value is -2.97. The molecule has 8 heteroatoms. The first-order chi connectivity index (χ1) is 27.6. The van der Waals surface area contributed by atoms with Gasteiger partial charge in [0, 0.05) is 19.3 Å². The molecule has 0 aliphatic rings. The molecular weight excluding hydrogens is 715 g/mol. The molecule has 8 nitrogen and oxygen atoms in total. The predicted molar refractivity (Wildman–Crippen MR) is 236 cm³/mol. The molecule has 0 amide bonds. The number of ether oxygens (including phenoxy) is 3. The zero-order chi connectivity index (χ0) is 42.1. The van der Waals surface area contributed by atoms with Gasteiger partial charge in [0.15, 0.2) is 6.10 Å². The van der Waals surface area contributed by atoms with Crippen LogP contribution in [0.15, 0.2) is 60.8 Å². The van der Waals surface area contributed by atoms with Crippen LogP contribution in [0.1, 0.15) is 181 Å². The van der Waals surface area contributed by atoms with Crippen LogP contribution in [-0.2, 0) is 28.6 Å². The maximum atomic E-state index is 12.7. The highest BCUT2D eigenvalue weighted by atomic mass is 16.6. The molecule has 0 saturated heterocycles. The quantitative estimate of drug-likeness (QED) is 0.0263. The molecule has 57 heavy (non-hydrogen) atoms. The molecule has 0 aromatic carbocycles. The number of esters is 2. The Morgan fingerprint density at radius 3 is 1.47 bits per heavy atom. The van der Waals surface area contributed by atoms with Gasteiger partial charge in [-0.3, -0.25) is 9.59 Å². The number of unbranched alkanes of at least 4 members (excludes halogenated alkanes) is 16. The number of nitrogens with zero attached hydrogens (tertiary/aromatic N) is 1. The van der Waals surface area contributed by atoms with E-state index in [0.717, 1.165) is 57.8 Å². The number of carbonyl (C=O) groups excluding carboxylic acids is 3. The van der Waals surface area contributed by atoms with E-state index in [1.807, 2.05) is 0 Å². The monoisotopic (exact) mass is 800 g/mol. The molecular formula is C49H85NO7. The van der Waals surface area contributed by atoms with Gasteiger partial charge in [0.25, 0.3) is 0 Å². The van der Waals surface area contributed by atoms with Crippen molar-refractivity contribution in [3.63, 3.8) is 0 Å². The number of allylic oxidation sites excluding steroid dienone is 10. The molecule has 0 aliphatic carbocycles. The summed E-state index contributed by atoms with van der Waals surface area (Å²) in [6.45, 7) is 4.56. The maximum Gasteiger partial charge on any atom is 0.306 e. The van der Waals surface area contributed by atoms with Gasteiger partial charge in [0.1, 0.15) is 12.6 Å². The maximum absolute atomic E-state index is 12.7. The normalized spacial score (nSPS) is 13.5. The highest BCUT2D eigenvalue weighted by Gasteiger charge is 2.25. The summed E-state index contributed by atoms with van der Waals surface area (Å²) in [5.74, 6) is -1.82. The number of hydrogen-bond acceptors (Lipinski definition) is 7. The average Bonchev–Trinajstić information content (AvgIpc) is 3.17. The first-order valence-corrected chi connectivity index (χ1v) is 22.8. The third-order valence-corrected chi connectivity index (χ3v) is 9.88. The lowest BCUT2D eigenvalue weighted by atomic mass is 10.1. The molecule has 0 radical (unpaired) electrons. The molecule has 2 atom stereocenters. The van der Waals surface area contributed by atoms with Crippen LogP contribution in [0.4, 0.5) is 0 Å².